The first-order valence-electron chi connectivity index (χ1n) is 17.1. The quantitative estimate of drug-likeness (QED) is 0.0844. The third-order valence-corrected chi connectivity index (χ3v) is 9.32. The summed E-state index contributed by atoms with van der Waals surface area (Å²) in [6.07, 6.45) is 7.16. The van der Waals surface area contributed by atoms with E-state index in [0.29, 0.717) is 46.3 Å². The van der Waals surface area contributed by atoms with Crippen molar-refractivity contribution in [3.63, 3.8) is 0 Å². The number of nitrogens with two attached hydrogens (primary N) is 1. The van der Waals surface area contributed by atoms with Gasteiger partial charge in [0.2, 0.25) is 0 Å². The molecule has 2 aliphatic heterocycles. The maximum atomic E-state index is 11.5. The molecule has 0 saturated carbocycles. The van der Waals surface area contributed by atoms with Crippen molar-refractivity contribution in [1.82, 2.24) is 29.9 Å². The Kier molecular flexibility index (Phi) is 15.4. The van der Waals surface area contributed by atoms with E-state index in [0.717, 1.165) is 61.6 Å². The van der Waals surface area contributed by atoms with Crippen molar-refractivity contribution in [2.24, 2.45) is 5.73 Å². The number of fused-ring (bicyclic) bond motifs is 8. The molecule has 0 spiro atoms. The van der Waals surface area contributed by atoms with E-state index >= 15 is 0 Å². The third-order valence-electron chi connectivity index (χ3n) is 9.32. The van der Waals surface area contributed by atoms with E-state index in [-0.39, 0.29) is 36.3 Å². The van der Waals surface area contributed by atoms with E-state index in [9.17, 15) is 24.6 Å². The van der Waals surface area contributed by atoms with E-state index in [1.54, 1.807) is 12.2 Å². The first-order valence-corrected chi connectivity index (χ1v) is 17.1. The van der Waals surface area contributed by atoms with Gasteiger partial charge in [-0.15, -0.1) is 22.1 Å². The van der Waals surface area contributed by atoms with E-state index in [1.165, 1.54) is 12.5 Å². The van der Waals surface area contributed by atoms with Crippen molar-refractivity contribution in [1.29, 1.82) is 0 Å². The van der Waals surface area contributed by atoms with Crippen LogP contribution in [0.3, 0.4) is 0 Å². The molecule has 0 amide bonds. The monoisotopic (exact) mass is 798 g/mol. The van der Waals surface area contributed by atoms with Crippen molar-refractivity contribution < 1.29 is 51.4 Å². The summed E-state index contributed by atoms with van der Waals surface area (Å²) in [5.74, 6) is -2.82. The van der Waals surface area contributed by atoms with Crippen molar-refractivity contribution in [3.05, 3.63) is 119 Å². The van der Waals surface area contributed by atoms with Crippen molar-refractivity contribution in [3.8, 4) is 0 Å². The zero-order valence-electron chi connectivity index (χ0n) is 31.2. The Balaban J connectivity index is 0.000000515. The number of imidazole rings is 1. The molecule has 15 heteroatoms. The van der Waals surface area contributed by atoms with E-state index < -0.39 is 23.9 Å². The number of nitrogens with zero attached hydrogens (tertiary/aromatic N) is 6. The van der Waals surface area contributed by atoms with Crippen LogP contribution >= 0.6 is 0 Å². The number of carboxylic acid groups (broad SMARTS) is 3. The molecule has 6 rings (SSSR count). The number of carbonyl (C=O) groups is 3. The van der Waals surface area contributed by atoms with Gasteiger partial charge in [-0.3, -0.25) is 14.4 Å². The fourth-order valence-electron chi connectivity index (χ4n) is 6.29. The van der Waals surface area contributed by atoms with E-state index in [2.05, 4.69) is 29.8 Å². The molecule has 0 saturated heterocycles. The van der Waals surface area contributed by atoms with Gasteiger partial charge in [0, 0.05) is 24.0 Å². The van der Waals surface area contributed by atoms with Crippen LogP contribution in [-0.2, 0) is 55.4 Å². The minimum absolute atomic E-state index is 0. The van der Waals surface area contributed by atoms with Crippen molar-refractivity contribution in [2.45, 2.75) is 65.8 Å². The number of hydrogen-bond acceptors (Lipinski definition) is 7. The van der Waals surface area contributed by atoms with Crippen LogP contribution < -0.4 is 20.7 Å². The summed E-state index contributed by atoms with van der Waals surface area (Å²) in [6.45, 7) is 20.4. The van der Waals surface area contributed by atoms with Gasteiger partial charge in [-0.25, -0.2) is 9.97 Å². The number of rotatable bonds is 11. The third kappa shape index (κ3) is 9.96. The fourth-order valence-corrected chi connectivity index (χ4v) is 6.29. The molecule has 0 aliphatic carbocycles. The van der Waals surface area contributed by atoms with Gasteiger partial charge >= 0.3 is 46.3 Å². The standard InChI is InChI=1S/C34H34N4O4.C6H9N3O2.CO.Fe/c1-7-21-17(3)25-13-26-19(5)23(9-11-33(39)40)31(37-26)16-32-24(10-12-34(41)42)20(6)28(38-32)15-30-22(8-2)18(4)27(36-30)14-29(21)35-25;7-5(6(10)11)1-4-2-8-3-9-4;1-2;/h7-8,13-16H,1-2,9-12H2,3-6H3,(H4,35,36,37,38,39,40,41,42);2-3,5H,1,7H2,(H2,8,9,10,11);;/q;;;+3/p-3/t;5-;;/m.0../s1. The number of allylic oxidation sites excluding steroid dienone is 6. The number of aromatic nitrogens is 6. The van der Waals surface area contributed by atoms with Crippen LogP contribution in [0.15, 0.2) is 62.1 Å². The van der Waals surface area contributed by atoms with Gasteiger partial charge in [-0.2, -0.15) is 0 Å². The molecule has 5 N–H and O–H groups in total. The smallest absolute Gasteiger partial charge is 3.00 e. The van der Waals surface area contributed by atoms with Crippen LogP contribution in [0, 0.1) is 20.5 Å². The van der Waals surface area contributed by atoms with Crippen molar-refractivity contribution >= 4 is 62.3 Å². The van der Waals surface area contributed by atoms with Gasteiger partial charge in [0.25, 0.3) is 0 Å². The van der Waals surface area contributed by atoms with Crippen LogP contribution in [0.2, 0.25) is 0 Å². The minimum Gasteiger partial charge on any atom is 3.00 e. The molecule has 56 heavy (non-hydrogen) atoms. The average Bonchev–Trinajstić information content (AvgIpc) is 3.94. The second kappa shape index (κ2) is 19.5. The molecule has 1 radical (unpaired) electrons. The predicted molar refractivity (Wildman–Crippen MR) is 206 cm³/mol. The van der Waals surface area contributed by atoms with E-state index in [1.807, 2.05) is 52.0 Å². The summed E-state index contributed by atoms with van der Waals surface area (Å²) < 4.78 is 7.50. The Morgan fingerprint density at radius 1 is 0.768 bits per heavy atom. The van der Waals surface area contributed by atoms with Crippen LogP contribution in [0.4, 0.5) is 0 Å². The molecule has 4 aromatic rings. The zero-order chi connectivity index (χ0) is 40.6. The largest absolute Gasteiger partial charge is 3.00 e. The summed E-state index contributed by atoms with van der Waals surface area (Å²) in [5.41, 5.74) is 18.5. The second-order valence-electron chi connectivity index (χ2n) is 12.7. The first kappa shape index (κ1) is 44.3. The predicted octanol–water partition coefficient (Wildman–Crippen LogP) is 5.41. The SMILES string of the molecule is C=CC1=C(C)c2cc3[n-]c(cc4[n-]c(cc5nc(cc1n2)C(C)=C5C=C)c(C)c4CCC(=O)O)c(CCC(=O)O)c3C.N[C@@H](Cc1c[n-]cn1)C(=O)O.[C-]#[O+].[Fe+3]. The van der Waals surface area contributed by atoms with Gasteiger partial charge in [0.15, 0.2) is 0 Å². The van der Waals surface area contributed by atoms with Gasteiger partial charge in [0.1, 0.15) is 6.04 Å². The van der Waals surface area contributed by atoms with Crippen LogP contribution in [0.5, 0.6) is 0 Å². The zero-order valence-corrected chi connectivity index (χ0v) is 32.3. The molecule has 289 valence electrons. The molecule has 6 heterocycles. The topological polar surface area (TPSA) is 239 Å². The number of carboxylic acids is 3. The van der Waals surface area contributed by atoms with E-state index in [4.69, 9.17) is 35.4 Å². The number of aliphatic carboxylic acids is 3. The molecule has 4 aromatic heterocycles. The summed E-state index contributed by atoms with van der Waals surface area (Å²) >= 11 is 0. The van der Waals surface area contributed by atoms with Crippen LogP contribution in [-0.4, -0.2) is 54.2 Å². The molecule has 2 aliphatic rings. The Bertz CT molecular complexity index is 2420. The number of hydrogen-bond donors (Lipinski definition) is 4. The Labute approximate surface area is 333 Å². The van der Waals surface area contributed by atoms with Crippen LogP contribution in [0.25, 0.3) is 44.4 Å². The maximum Gasteiger partial charge on any atom is 3.00 e. The Morgan fingerprint density at radius 3 is 1.62 bits per heavy atom. The molecule has 14 nitrogen and oxygen atoms in total. The molecule has 0 fully saturated rings. The first-order chi connectivity index (χ1) is 26.2. The van der Waals surface area contributed by atoms with Crippen LogP contribution in [0.1, 0.15) is 77.4 Å². The molecule has 0 aromatic carbocycles. The normalized spacial score (nSPS) is 12.3. The summed E-state index contributed by atoms with van der Waals surface area (Å²) in [4.78, 5) is 60.4. The van der Waals surface area contributed by atoms with Gasteiger partial charge < -0.3 is 41.0 Å². The molecule has 1 atom stereocenters. The van der Waals surface area contributed by atoms with Gasteiger partial charge in [-0.05, 0) is 64.2 Å². The second-order valence-corrected chi connectivity index (χ2v) is 12.7. The van der Waals surface area contributed by atoms with Gasteiger partial charge in [0.05, 0.1) is 22.8 Å². The van der Waals surface area contributed by atoms with Gasteiger partial charge in [-0.1, -0.05) is 84.0 Å². The Morgan fingerprint density at radius 2 is 1.21 bits per heavy atom. The number of aryl methyl sites for hydroxylation is 4. The summed E-state index contributed by atoms with van der Waals surface area (Å²) in [7, 11) is 0. The molecular formula is C41H40FeN7O7. The average molecular weight is 799 g/mol. The minimum atomic E-state index is -1.02. The molecular weight excluding hydrogens is 758 g/mol. The Hall–Kier alpha value is -6.08. The fraction of sp³-hybridized carbons (Fsp3) is 0.244. The maximum absolute atomic E-state index is 11.5. The molecule has 8 bridgehead atoms. The van der Waals surface area contributed by atoms with Crippen molar-refractivity contribution in [2.75, 3.05) is 0 Å². The summed E-state index contributed by atoms with van der Waals surface area (Å²) in [5, 5.41) is 27.3. The summed E-state index contributed by atoms with van der Waals surface area (Å²) in [6, 6.07) is 6.74. The molecule has 0 unspecified atom stereocenters.